The van der Waals surface area contributed by atoms with Crippen LogP contribution in [-0.4, -0.2) is 38.0 Å². The lowest BCUT2D eigenvalue weighted by atomic mass is 10.1. The van der Waals surface area contributed by atoms with Gasteiger partial charge in [-0.1, -0.05) is 11.6 Å². The van der Waals surface area contributed by atoms with E-state index in [0.29, 0.717) is 5.88 Å². The topological polar surface area (TPSA) is 12.5 Å². The Balaban J connectivity index is 2.61. The fourth-order valence-corrected chi connectivity index (χ4v) is 1.99. The van der Waals surface area contributed by atoms with Gasteiger partial charge in [0.05, 0.1) is 7.11 Å². The van der Waals surface area contributed by atoms with Crippen LogP contribution in [-0.2, 0) is 6.42 Å². The molecule has 0 saturated heterocycles. The summed E-state index contributed by atoms with van der Waals surface area (Å²) in [7, 11) is 3.73. The minimum Gasteiger partial charge on any atom is -0.496 e. The summed E-state index contributed by atoms with van der Waals surface area (Å²) >= 11 is 11.6. The van der Waals surface area contributed by atoms with Gasteiger partial charge >= 0.3 is 0 Å². The lowest BCUT2D eigenvalue weighted by Crippen LogP contribution is -2.23. The van der Waals surface area contributed by atoms with E-state index >= 15 is 0 Å². The van der Waals surface area contributed by atoms with Crippen molar-refractivity contribution in [3.63, 3.8) is 0 Å². The fourth-order valence-electron chi connectivity index (χ4n) is 1.51. The molecule has 90 valence electrons. The van der Waals surface area contributed by atoms with Gasteiger partial charge in [-0.25, -0.2) is 0 Å². The highest BCUT2D eigenvalue weighted by Gasteiger charge is 2.05. The van der Waals surface area contributed by atoms with Crippen molar-refractivity contribution in [1.29, 1.82) is 0 Å². The molecule has 0 fully saturated rings. The van der Waals surface area contributed by atoms with Gasteiger partial charge in [-0.2, -0.15) is 0 Å². The van der Waals surface area contributed by atoms with E-state index in [1.807, 2.05) is 18.2 Å². The van der Waals surface area contributed by atoms with Crippen molar-refractivity contribution in [2.24, 2.45) is 0 Å². The normalized spacial score (nSPS) is 10.8. The van der Waals surface area contributed by atoms with Crippen LogP contribution in [0.4, 0.5) is 0 Å². The van der Waals surface area contributed by atoms with Gasteiger partial charge in [-0.05, 0) is 37.2 Å². The van der Waals surface area contributed by atoms with Gasteiger partial charge in [0.1, 0.15) is 5.75 Å². The Kier molecular flexibility index (Phi) is 5.96. The summed E-state index contributed by atoms with van der Waals surface area (Å²) in [5.74, 6) is 1.55. The van der Waals surface area contributed by atoms with Crippen molar-refractivity contribution in [1.82, 2.24) is 4.90 Å². The fraction of sp³-hybridized carbons (Fsp3) is 0.500. The molecule has 0 N–H and O–H groups in total. The maximum Gasteiger partial charge on any atom is 0.122 e. The number of rotatable bonds is 6. The molecular formula is C12H17Cl2NO. The molecular weight excluding hydrogens is 245 g/mol. The van der Waals surface area contributed by atoms with Crippen LogP contribution in [0.25, 0.3) is 0 Å². The van der Waals surface area contributed by atoms with Crippen LogP contribution in [0.2, 0.25) is 5.02 Å². The first-order valence-corrected chi connectivity index (χ1v) is 6.15. The molecule has 2 nitrogen and oxygen atoms in total. The number of alkyl halides is 1. The second-order valence-electron chi connectivity index (χ2n) is 3.70. The van der Waals surface area contributed by atoms with Gasteiger partial charge < -0.3 is 9.64 Å². The predicted octanol–water partition coefficient (Wildman–Crippen LogP) is 3.06. The van der Waals surface area contributed by atoms with E-state index in [-0.39, 0.29) is 0 Å². The number of benzene rings is 1. The number of methoxy groups -OCH3 is 1. The second kappa shape index (κ2) is 7.00. The highest BCUT2D eigenvalue weighted by atomic mass is 35.5. The molecule has 4 heteroatoms. The van der Waals surface area contributed by atoms with Gasteiger partial charge in [0.2, 0.25) is 0 Å². The molecule has 0 aliphatic heterocycles. The van der Waals surface area contributed by atoms with Crippen LogP contribution in [0, 0.1) is 0 Å². The summed E-state index contributed by atoms with van der Waals surface area (Å²) < 4.78 is 5.29. The minimum atomic E-state index is 0.656. The van der Waals surface area contributed by atoms with Crippen LogP contribution >= 0.6 is 23.2 Å². The van der Waals surface area contributed by atoms with Crippen molar-refractivity contribution >= 4 is 23.2 Å². The molecule has 0 aliphatic rings. The van der Waals surface area contributed by atoms with E-state index in [2.05, 4.69) is 11.9 Å². The highest BCUT2D eigenvalue weighted by Crippen LogP contribution is 2.23. The first-order valence-electron chi connectivity index (χ1n) is 5.24. The Hall–Kier alpha value is -0.440. The zero-order chi connectivity index (χ0) is 12.0. The summed E-state index contributed by atoms with van der Waals surface area (Å²) in [5, 5.41) is 0.746. The number of hydrogen-bond acceptors (Lipinski definition) is 2. The molecule has 0 aliphatic carbocycles. The van der Waals surface area contributed by atoms with Crippen LogP contribution < -0.4 is 4.74 Å². The first-order chi connectivity index (χ1) is 7.67. The Morgan fingerprint density at radius 1 is 1.31 bits per heavy atom. The van der Waals surface area contributed by atoms with E-state index < -0.39 is 0 Å². The maximum atomic E-state index is 5.96. The zero-order valence-corrected chi connectivity index (χ0v) is 11.2. The van der Waals surface area contributed by atoms with E-state index in [1.165, 1.54) is 0 Å². The Bertz CT molecular complexity index is 331. The average molecular weight is 262 g/mol. The third-order valence-electron chi connectivity index (χ3n) is 2.47. The number of nitrogens with zero attached hydrogens (tertiary/aromatic N) is 1. The van der Waals surface area contributed by atoms with E-state index in [4.69, 9.17) is 27.9 Å². The largest absolute Gasteiger partial charge is 0.496 e. The Morgan fingerprint density at radius 3 is 2.69 bits per heavy atom. The molecule has 1 aromatic carbocycles. The van der Waals surface area contributed by atoms with Gasteiger partial charge in [-0.15, -0.1) is 11.6 Å². The summed E-state index contributed by atoms with van der Waals surface area (Å²) in [5.41, 5.74) is 1.14. The number of likely N-dealkylation sites (N-methyl/N-ethyl adjacent to an activating group) is 1. The molecule has 0 amide bonds. The molecule has 0 unspecified atom stereocenters. The van der Waals surface area contributed by atoms with E-state index in [0.717, 1.165) is 35.8 Å². The zero-order valence-electron chi connectivity index (χ0n) is 9.67. The number of hydrogen-bond donors (Lipinski definition) is 0. The summed E-state index contributed by atoms with van der Waals surface area (Å²) in [6.07, 6.45) is 0.914. The molecule has 16 heavy (non-hydrogen) atoms. The molecule has 1 rings (SSSR count). The molecule has 0 radical (unpaired) electrons. The third-order valence-corrected chi connectivity index (χ3v) is 2.88. The van der Waals surface area contributed by atoms with Gasteiger partial charge in [0, 0.05) is 24.0 Å². The van der Waals surface area contributed by atoms with Crippen molar-refractivity contribution < 1.29 is 4.74 Å². The maximum absolute atomic E-state index is 5.96. The Labute approximate surface area is 107 Å². The van der Waals surface area contributed by atoms with Crippen LogP contribution in [0.5, 0.6) is 5.75 Å². The standard InChI is InChI=1S/C12H17Cl2NO/c1-15(8-6-13)7-5-10-9-11(14)3-4-12(10)16-2/h3-4,9H,5-8H2,1-2H3. The van der Waals surface area contributed by atoms with Crippen molar-refractivity contribution in [3.8, 4) is 5.75 Å². The SMILES string of the molecule is COc1ccc(Cl)cc1CCN(C)CCCl. The van der Waals surface area contributed by atoms with E-state index in [9.17, 15) is 0 Å². The quantitative estimate of drug-likeness (QED) is 0.730. The molecule has 0 heterocycles. The summed E-state index contributed by atoms with van der Waals surface area (Å²) in [6.45, 7) is 1.84. The molecule has 0 bridgehead atoms. The Morgan fingerprint density at radius 2 is 2.06 bits per heavy atom. The molecule has 1 aromatic rings. The van der Waals surface area contributed by atoms with Crippen LogP contribution in [0.3, 0.4) is 0 Å². The second-order valence-corrected chi connectivity index (χ2v) is 4.51. The van der Waals surface area contributed by atoms with Gasteiger partial charge in [0.15, 0.2) is 0 Å². The smallest absolute Gasteiger partial charge is 0.122 e. The number of ether oxygens (including phenoxy) is 1. The molecule has 0 saturated carbocycles. The molecule has 0 aromatic heterocycles. The van der Waals surface area contributed by atoms with Crippen LogP contribution in [0.15, 0.2) is 18.2 Å². The summed E-state index contributed by atoms with van der Waals surface area (Å²) in [6, 6.07) is 5.69. The molecule has 0 atom stereocenters. The van der Waals surface area contributed by atoms with Crippen molar-refractivity contribution in [2.75, 3.05) is 33.1 Å². The lowest BCUT2D eigenvalue weighted by Gasteiger charge is -2.16. The summed E-state index contributed by atoms with van der Waals surface area (Å²) in [4.78, 5) is 2.19. The van der Waals surface area contributed by atoms with Gasteiger partial charge in [0.25, 0.3) is 0 Å². The molecule has 0 spiro atoms. The van der Waals surface area contributed by atoms with E-state index in [1.54, 1.807) is 7.11 Å². The van der Waals surface area contributed by atoms with Crippen molar-refractivity contribution in [2.45, 2.75) is 6.42 Å². The van der Waals surface area contributed by atoms with Crippen molar-refractivity contribution in [3.05, 3.63) is 28.8 Å². The van der Waals surface area contributed by atoms with Gasteiger partial charge in [-0.3, -0.25) is 0 Å². The third kappa shape index (κ3) is 4.20. The first kappa shape index (κ1) is 13.6. The highest BCUT2D eigenvalue weighted by molar-refractivity contribution is 6.30. The minimum absolute atomic E-state index is 0.656. The lowest BCUT2D eigenvalue weighted by molar-refractivity contribution is 0.354. The monoisotopic (exact) mass is 261 g/mol. The van der Waals surface area contributed by atoms with Crippen LogP contribution in [0.1, 0.15) is 5.56 Å². The number of halogens is 2. The predicted molar refractivity (Wildman–Crippen MR) is 69.9 cm³/mol. The average Bonchev–Trinajstić information content (AvgIpc) is 2.27.